The first-order chi connectivity index (χ1) is 20.1. The van der Waals surface area contributed by atoms with Crippen LogP contribution in [0.2, 0.25) is 5.02 Å². The predicted octanol–water partition coefficient (Wildman–Crippen LogP) is 8.42. The van der Waals surface area contributed by atoms with Crippen molar-refractivity contribution in [3.63, 3.8) is 0 Å². The summed E-state index contributed by atoms with van der Waals surface area (Å²) < 4.78 is 2.36. The molecule has 7 heteroatoms. The van der Waals surface area contributed by atoms with Crippen LogP contribution >= 0.6 is 23.8 Å². The maximum absolute atomic E-state index is 7.05. The number of hydrogen-bond donors (Lipinski definition) is 1. The molecule has 2 aromatic heterocycles. The smallest absolute Gasteiger partial charge is 0.174 e. The lowest BCUT2D eigenvalue weighted by molar-refractivity contribution is 0.357. The normalized spacial score (nSPS) is 22.5. The minimum atomic E-state index is -0.117. The van der Waals surface area contributed by atoms with Crippen molar-refractivity contribution in [1.82, 2.24) is 14.9 Å². The number of piperidine rings is 1. The molecule has 4 atom stereocenters. The minimum Gasteiger partial charge on any atom is -0.370 e. The number of thiocarbonyl (C=S) groups is 1. The molecule has 2 saturated heterocycles. The minimum absolute atomic E-state index is 0.102. The molecule has 0 spiro atoms. The van der Waals surface area contributed by atoms with Gasteiger partial charge in [0.05, 0.1) is 28.5 Å². The van der Waals surface area contributed by atoms with E-state index in [2.05, 4.69) is 110 Å². The zero-order valence-electron chi connectivity index (χ0n) is 25.4. The summed E-state index contributed by atoms with van der Waals surface area (Å²) in [7, 11) is 0. The van der Waals surface area contributed by atoms with E-state index in [0.29, 0.717) is 16.9 Å². The van der Waals surface area contributed by atoms with Crippen molar-refractivity contribution >= 4 is 40.3 Å². The summed E-state index contributed by atoms with van der Waals surface area (Å²) in [6.07, 6.45) is 3.11. The summed E-state index contributed by atoms with van der Waals surface area (Å²) >= 11 is 13.1. The van der Waals surface area contributed by atoms with Crippen molar-refractivity contribution in [1.29, 1.82) is 0 Å². The number of hydrogen-bond acceptors (Lipinski definition) is 3. The van der Waals surface area contributed by atoms with Gasteiger partial charge in [-0.1, -0.05) is 37.6 Å². The van der Waals surface area contributed by atoms with E-state index in [1.54, 1.807) is 0 Å². The Morgan fingerprint density at radius 3 is 2.24 bits per heavy atom. The summed E-state index contributed by atoms with van der Waals surface area (Å²) in [5.74, 6) is 1.30. The zero-order valence-corrected chi connectivity index (χ0v) is 26.9. The second-order valence-electron chi connectivity index (χ2n) is 12.5. The molecule has 1 N–H and O–H groups in total. The Kier molecular flexibility index (Phi) is 7.79. The third-order valence-electron chi connectivity index (χ3n) is 8.77. The first-order valence-electron chi connectivity index (χ1n) is 14.9. The average Bonchev–Trinajstić information content (AvgIpc) is 3.42. The van der Waals surface area contributed by atoms with Gasteiger partial charge in [0.15, 0.2) is 5.11 Å². The number of aromatic nitrogens is 2. The number of anilines is 2. The van der Waals surface area contributed by atoms with Gasteiger partial charge in [-0.25, -0.2) is 0 Å². The molecule has 0 amide bonds. The molecule has 4 heterocycles. The van der Waals surface area contributed by atoms with Crippen molar-refractivity contribution in [3.8, 4) is 5.69 Å². The maximum Gasteiger partial charge on any atom is 0.174 e. The quantitative estimate of drug-likeness (QED) is 0.234. The van der Waals surface area contributed by atoms with E-state index in [-0.39, 0.29) is 12.1 Å². The highest BCUT2D eigenvalue weighted by molar-refractivity contribution is 7.80. The third kappa shape index (κ3) is 5.31. The van der Waals surface area contributed by atoms with Gasteiger partial charge in [-0.05, 0) is 123 Å². The summed E-state index contributed by atoms with van der Waals surface area (Å²) in [4.78, 5) is 9.44. The van der Waals surface area contributed by atoms with Crippen LogP contribution in [-0.4, -0.2) is 27.8 Å². The van der Waals surface area contributed by atoms with Crippen molar-refractivity contribution in [2.75, 3.05) is 22.9 Å². The van der Waals surface area contributed by atoms with Gasteiger partial charge < -0.3 is 19.7 Å². The van der Waals surface area contributed by atoms with Crippen LogP contribution < -0.4 is 15.1 Å². The molecular formula is C35H40ClN5S. The van der Waals surface area contributed by atoms with Gasteiger partial charge in [-0.2, -0.15) is 0 Å². The second-order valence-corrected chi connectivity index (χ2v) is 13.3. The van der Waals surface area contributed by atoms with Gasteiger partial charge in [0.25, 0.3) is 0 Å². The molecule has 0 bridgehead atoms. The molecule has 2 aliphatic rings. The molecule has 0 radical (unpaired) electrons. The zero-order chi connectivity index (χ0) is 29.7. The Labute approximate surface area is 260 Å². The number of benzene rings is 2. The van der Waals surface area contributed by atoms with Crippen LogP contribution in [0.5, 0.6) is 0 Å². The van der Waals surface area contributed by atoms with Crippen LogP contribution in [0.4, 0.5) is 11.4 Å². The molecule has 5 nitrogen and oxygen atoms in total. The highest BCUT2D eigenvalue weighted by Gasteiger charge is 2.42. The van der Waals surface area contributed by atoms with Crippen molar-refractivity contribution < 1.29 is 0 Å². The molecule has 4 unspecified atom stereocenters. The molecule has 218 valence electrons. The van der Waals surface area contributed by atoms with Gasteiger partial charge in [-0.15, -0.1) is 0 Å². The van der Waals surface area contributed by atoms with Crippen LogP contribution in [0.15, 0.2) is 66.9 Å². The molecule has 0 saturated carbocycles. The monoisotopic (exact) mass is 597 g/mol. The Hall–Kier alpha value is -3.35. The van der Waals surface area contributed by atoms with Crippen molar-refractivity contribution in [2.24, 2.45) is 11.8 Å². The maximum atomic E-state index is 7.05. The third-order valence-corrected chi connectivity index (χ3v) is 9.39. The lowest BCUT2D eigenvalue weighted by atomic mass is 9.91. The topological polar surface area (TPSA) is 36.3 Å². The fourth-order valence-corrected chi connectivity index (χ4v) is 7.92. The summed E-state index contributed by atoms with van der Waals surface area (Å²) in [5, 5.41) is 5.06. The standard InChI is InChI=1S/C35H40ClN5S/c1-21-13-22(2)16-28(15-21)40-25(5)17-29(26(40)6)34-33(31-9-7-8-12-37-31)38-35(42)41(34)27-10-11-32(30(36)18-27)39-19-23(3)14-24(4)20-39/h7-13,15-18,23-24,33-34H,14,19-20H2,1-6H3,(H,38,42). The van der Waals surface area contributed by atoms with E-state index in [1.807, 2.05) is 18.3 Å². The van der Waals surface area contributed by atoms with Gasteiger partial charge >= 0.3 is 0 Å². The van der Waals surface area contributed by atoms with E-state index in [4.69, 9.17) is 28.8 Å². The Bertz CT molecular complexity index is 1600. The van der Waals surface area contributed by atoms with Crippen LogP contribution in [0.3, 0.4) is 0 Å². The highest BCUT2D eigenvalue weighted by Crippen LogP contribution is 2.45. The van der Waals surface area contributed by atoms with Gasteiger partial charge in [0.2, 0.25) is 0 Å². The van der Waals surface area contributed by atoms with Crippen LogP contribution in [0.25, 0.3) is 5.69 Å². The molecule has 2 fully saturated rings. The fraction of sp³-hybridized carbons (Fsp3) is 0.371. The van der Waals surface area contributed by atoms with E-state index >= 15 is 0 Å². The first-order valence-corrected chi connectivity index (χ1v) is 15.7. The number of nitrogens with one attached hydrogen (secondary N) is 1. The molecule has 4 aromatic rings. The van der Waals surface area contributed by atoms with E-state index < -0.39 is 0 Å². The molecule has 2 aliphatic heterocycles. The van der Waals surface area contributed by atoms with E-state index in [1.165, 1.54) is 40.2 Å². The SMILES string of the molecule is Cc1cc(C)cc(-n2c(C)cc(C3C(c4ccccn4)NC(=S)N3c3ccc(N4CC(C)CC(C)C4)c(Cl)c3)c2C)c1. The molecule has 6 rings (SSSR count). The Balaban J connectivity index is 1.45. The molecule has 42 heavy (non-hydrogen) atoms. The summed E-state index contributed by atoms with van der Waals surface area (Å²) in [6, 6.07) is 21.3. The average molecular weight is 598 g/mol. The Morgan fingerprint density at radius 1 is 0.881 bits per heavy atom. The predicted molar refractivity (Wildman–Crippen MR) is 179 cm³/mol. The largest absolute Gasteiger partial charge is 0.370 e. The molecular weight excluding hydrogens is 558 g/mol. The van der Waals surface area contributed by atoms with Gasteiger partial charge in [0, 0.05) is 42.0 Å². The summed E-state index contributed by atoms with van der Waals surface area (Å²) in [5.41, 5.74) is 10.3. The fourth-order valence-electron chi connectivity index (χ4n) is 7.27. The first kappa shape index (κ1) is 28.8. The Morgan fingerprint density at radius 2 is 1.60 bits per heavy atom. The lowest BCUT2D eigenvalue weighted by Gasteiger charge is -2.37. The second kappa shape index (κ2) is 11.4. The number of nitrogens with zero attached hydrogens (tertiary/aromatic N) is 4. The van der Waals surface area contributed by atoms with E-state index in [0.717, 1.165) is 35.2 Å². The number of halogens is 1. The van der Waals surface area contributed by atoms with Gasteiger partial charge in [0.1, 0.15) is 0 Å². The van der Waals surface area contributed by atoms with E-state index in [9.17, 15) is 0 Å². The summed E-state index contributed by atoms with van der Waals surface area (Å²) in [6.45, 7) is 15.4. The van der Waals surface area contributed by atoms with Crippen LogP contribution in [0, 0.1) is 39.5 Å². The van der Waals surface area contributed by atoms with Crippen LogP contribution in [-0.2, 0) is 0 Å². The molecule has 2 aromatic carbocycles. The highest BCUT2D eigenvalue weighted by atomic mass is 35.5. The van der Waals surface area contributed by atoms with Crippen LogP contribution in [0.1, 0.15) is 66.1 Å². The number of pyridine rings is 1. The number of aryl methyl sites for hydroxylation is 3. The van der Waals surface area contributed by atoms with Gasteiger partial charge in [-0.3, -0.25) is 4.98 Å². The van der Waals surface area contributed by atoms with Crippen molar-refractivity contribution in [2.45, 2.75) is 60.0 Å². The lowest BCUT2D eigenvalue weighted by Crippen LogP contribution is -2.38. The van der Waals surface area contributed by atoms with Crippen molar-refractivity contribution in [3.05, 3.63) is 106 Å². The number of rotatable bonds is 5. The molecule has 0 aliphatic carbocycles.